The predicted octanol–water partition coefficient (Wildman–Crippen LogP) is 5.69. The van der Waals surface area contributed by atoms with Crippen molar-refractivity contribution in [3.63, 3.8) is 0 Å². The average Bonchev–Trinajstić information content (AvgIpc) is 3.06. The zero-order valence-electron chi connectivity index (χ0n) is 25.1. The number of anilines is 3. The van der Waals surface area contributed by atoms with Crippen LogP contribution >= 0.6 is 0 Å². The van der Waals surface area contributed by atoms with Gasteiger partial charge in [0.25, 0.3) is 5.91 Å². The first kappa shape index (κ1) is 31.7. The molecule has 0 radical (unpaired) electrons. The van der Waals surface area contributed by atoms with E-state index in [0.29, 0.717) is 52.3 Å². The maximum absolute atomic E-state index is 13.9. The normalized spacial score (nSPS) is 11.0. The number of amides is 4. The Bertz CT molecular complexity index is 1770. The minimum Gasteiger partial charge on any atom is -0.370 e. The molecule has 5 aromatic rings. The van der Waals surface area contributed by atoms with Crippen LogP contribution in [0.5, 0.6) is 0 Å². The van der Waals surface area contributed by atoms with E-state index in [-0.39, 0.29) is 18.0 Å². The molecular weight excluding hydrogens is 584 g/mol. The Labute approximate surface area is 265 Å². The molecule has 0 unspecified atom stereocenters. The summed E-state index contributed by atoms with van der Waals surface area (Å²) < 4.78 is 0. The molecule has 11 heteroatoms. The van der Waals surface area contributed by atoms with Crippen LogP contribution < -0.4 is 21.4 Å². The lowest BCUT2D eigenvalue weighted by Gasteiger charge is -2.20. The van der Waals surface area contributed by atoms with Gasteiger partial charge in [0.1, 0.15) is 5.92 Å². The minimum atomic E-state index is -1.31. The van der Waals surface area contributed by atoms with Gasteiger partial charge in [0.2, 0.25) is 17.7 Å². The molecule has 0 bridgehead atoms. The Morgan fingerprint density at radius 2 is 1.17 bits per heavy atom. The highest BCUT2D eigenvalue weighted by Crippen LogP contribution is 2.28. The molecule has 5 N–H and O–H groups in total. The van der Waals surface area contributed by atoms with Gasteiger partial charge in [-0.1, -0.05) is 61.4 Å². The van der Waals surface area contributed by atoms with Crippen LogP contribution in [0, 0.1) is 0 Å². The van der Waals surface area contributed by atoms with Gasteiger partial charge >= 0.3 is 0 Å². The second kappa shape index (κ2) is 14.9. The molecule has 5 rings (SSSR count). The van der Waals surface area contributed by atoms with Crippen LogP contribution in [0.4, 0.5) is 17.1 Å². The van der Waals surface area contributed by atoms with Gasteiger partial charge in [-0.25, -0.2) is 0 Å². The fraction of sp³-hybridized carbons (Fsp3) is 0.200. The van der Waals surface area contributed by atoms with Crippen LogP contribution in [0.25, 0.3) is 21.8 Å². The number of hydrogen-bond acceptors (Lipinski definition) is 7. The first-order valence-corrected chi connectivity index (χ1v) is 15.0. The molecule has 3 aromatic carbocycles. The SMILES string of the molecule is NC(=O)CCCCCCC(=O)N(O)c1ccc(C(C(=O)Nc2cccc3cccnc23)C(=O)Nc2cccc3cccnc23)cc1. The number of hydrogen-bond donors (Lipinski definition) is 4. The summed E-state index contributed by atoms with van der Waals surface area (Å²) in [7, 11) is 0. The lowest BCUT2D eigenvalue weighted by molar-refractivity contribution is -0.126. The number of unbranched alkanes of at least 4 members (excludes halogenated alkanes) is 3. The van der Waals surface area contributed by atoms with Gasteiger partial charge in [-0.15, -0.1) is 0 Å². The summed E-state index contributed by atoms with van der Waals surface area (Å²) in [6, 6.07) is 24.1. The van der Waals surface area contributed by atoms with Gasteiger partial charge < -0.3 is 16.4 Å². The molecule has 234 valence electrons. The summed E-state index contributed by atoms with van der Waals surface area (Å²) in [6.45, 7) is 0. The van der Waals surface area contributed by atoms with Crippen molar-refractivity contribution in [1.82, 2.24) is 9.97 Å². The molecule has 0 saturated carbocycles. The molecule has 0 spiro atoms. The van der Waals surface area contributed by atoms with E-state index in [1.165, 1.54) is 24.3 Å². The number of para-hydroxylation sites is 2. The summed E-state index contributed by atoms with van der Waals surface area (Å²) in [6.07, 6.45) is 6.34. The Balaban J connectivity index is 1.36. The Hall–Kier alpha value is -5.68. The summed E-state index contributed by atoms with van der Waals surface area (Å²) >= 11 is 0. The molecule has 0 fully saturated rings. The smallest absolute Gasteiger partial charge is 0.250 e. The summed E-state index contributed by atoms with van der Waals surface area (Å²) in [5.74, 6) is -3.35. The number of nitrogens with one attached hydrogen (secondary N) is 2. The van der Waals surface area contributed by atoms with E-state index in [1.807, 2.05) is 24.3 Å². The van der Waals surface area contributed by atoms with Crippen molar-refractivity contribution in [3.8, 4) is 0 Å². The highest BCUT2D eigenvalue weighted by molar-refractivity contribution is 6.17. The van der Waals surface area contributed by atoms with Crippen LogP contribution in [-0.4, -0.2) is 38.8 Å². The Kier molecular flexibility index (Phi) is 10.3. The minimum absolute atomic E-state index is 0.112. The molecule has 2 heterocycles. The number of carbonyl (C=O) groups is 4. The number of benzene rings is 3. The molecular formula is C35H34N6O5. The monoisotopic (exact) mass is 618 g/mol. The standard InChI is InChI=1S/C35H34N6O5/c36-29(42)15-3-1-2-4-16-30(43)41(46)26-19-17-23(18-20-26)31(34(44)39-27-13-5-9-24-11-7-21-37-32(24)27)35(45)40-28-14-6-10-25-12-8-22-38-33(25)28/h5-14,17-22,31,46H,1-4,15-16H2,(H2,36,42)(H,39,44)(H,40,45). The van der Waals surface area contributed by atoms with Crippen LogP contribution in [0.3, 0.4) is 0 Å². The summed E-state index contributed by atoms with van der Waals surface area (Å²) in [4.78, 5) is 60.0. The zero-order chi connectivity index (χ0) is 32.5. The summed E-state index contributed by atoms with van der Waals surface area (Å²) in [5, 5.41) is 18.5. The number of nitrogens with zero attached hydrogens (tertiary/aromatic N) is 3. The molecule has 0 aliphatic heterocycles. The van der Waals surface area contributed by atoms with E-state index < -0.39 is 23.6 Å². The molecule has 4 amide bonds. The fourth-order valence-corrected chi connectivity index (χ4v) is 5.23. The van der Waals surface area contributed by atoms with Crippen molar-refractivity contribution in [3.05, 3.63) is 103 Å². The van der Waals surface area contributed by atoms with Crippen molar-refractivity contribution in [2.45, 2.75) is 44.4 Å². The van der Waals surface area contributed by atoms with E-state index >= 15 is 0 Å². The van der Waals surface area contributed by atoms with Gasteiger partial charge in [0.05, 0.1) is 28.1 Å². The van der Waals surface area contributed by atoms with Crippen molar-refractivity contribution >= 4 is 62.5 Å². The van der Waals surface area contributed by atoms with Gasteiger partial charge in [-0.3, -0.25) is 34.4 Å². The number of aromatic nitrogens is 2. The van der Waals surface area contributed by atoms with Gasteiger partial charge in [0.15, 0.2) is 0 Å². The average molecular weight is 619 g/mol. The predicted molar refractivity (Wildman–Crippen MR) is 176 cm³/mol. The first-order valence-electron chi connectivity index (χ1n) is 15.0. The maximum Gasteiger partial charge on any atom is 0.250 e. The number of fused-ring (bicyclic) bond motifs is 2. The maximum atomic E-state index is 13.9. The van der Waals surface area contributed by atoms with Gasteiger partial charge in [-0.2, -0.15) is 5.06 Å². The Morgan fingerprint density at radius 1 is 0.674 bits per heavy atom. The van der Waals surface area contributed by atoms with Crippen molar-refractivity contribution in [2.75, 3.05) is 15.7 Å². The second-order valence-corrected chi connectivity index (χ2v) is 10.9. The molecule has 2 aromatic heterocycles. The second-order valence-electron chi connectivity index (χ2n) is 10.9. The van der Waals surface area contributed by atoms with Gasteiger partial charge in [0, 0.05) is 36.0 Å². The quantitative estimate of drug-likeness (QED) is 0.0569. The van der Waals surface area contributed by atoms with E-state index in [4.69, 9.17) is 5.73 Å². The lowest BCUT2D eigenvalue weighted by Crippen LogP contribution is -2.32. The van der Waals surface area contributed by atoms with Crippen LogP contribution in [-0.2, 0) is 19.2 Å². The number of carbonyl (C=O) groups excluding carboxylic acids is 4. The van der Waals surface area contributed by atoms with E-state index in [9.17, 15) is 24.4 Å². The molecule has 11 nitrogen and oxygen atoms in total. The third-order valence-electron chi connectivity index (χ3n) is 7.58. The van der Waals surface area contributed by atoms with E-state index in [2.05, 4.69) is 20.6 Å². The molecule has 0 atom stereocenters. The number of pyridine rings is 2. The van der Waals surface area contributed by atoms with Crippen molar-refractivity contribution < 1.29 is 24.4 Å². The zero-order valence-corrected chi connectivity index (χ0v) is 25.1. The third kappa shape index (κ3) is 7.69. The number of hydroxylamine groups is 1. The molecule has 46 heavy (non-hydrogen) atoms. The third-order valence-corrected chi connectivity index (χ3v) is 7.58. The molecule has 0 saturated heterocycles. The van der Waals surface area contributed by atoms with E-state index in [0.717, 1.165) is 23.6 Å². The van der Waals surface area contributed by atoms with E-state index in [1.54, 1.807) is 48.8 Å². The fourth-order valence-electron chi connectivity index (χ4n) is 5.23. The Morgan fingerprint density at radius 3 is 1.70 bits per heavy atom. The molecule has 0 aliphatic rings. The lowest BCUT2D eigenvalue weighted by atomic mass is 9.96. The summed E-state index contributed by atoms with van der Waals surface area (Å²) in [5.41, 5.74) is 7.74. The van der Waals surface area contributed by atoms with Crippen LogP contribution in [0.15, 0.2) is 97.3 Å². The van der Waals surface area contributed by atoms with Crippen LogP contribution in [0.1, 0.15) is 50.0 Å². The van der Waals surface area contributed by atoms with Crippen molar-refractivity contribution in [1.29, 1.82) is 0 Å². The highest BCUT2D eigenvalue weighted by atomic mass is 16.5. The first-order chi connectivity index (χ1) is 22.3. The number of rotatable bonds is 13. The molecule has 0 aliphatic carbocycles. The highest BCUT2D eigenvalue weighted by Gasteiger charge is 2.30. The number of nitrogens with two attached hydrogens (primary N) is 1. The van der Waals surface area contributed by atoms with Crippen LogP contribution in [0.2, 0.25) is 0 Å². The van der Waals surface area contributed by atoms with Crippen molar-refractivity contribution in [2.24, 2.45) is 5.73 Å². The largest absolute Gasteiger partial charge is 0.370 e. The number of primary amides is 1. The topological polar surface area (TPSA) is 168 Å². The van der Waals surface area contributed by atoms with Gasteiger partial charge in [-0.05, 0) is 54.8 Å².